The second-order valence-electron chi connectivity index (χ2n) is 7.81. The highest BCUT2D eigenvalue weighted by molar-refractivity contribution is 6.00. The maximum atomic E-state index is 13.2. The molecule has 0 saturated heterocycles. The number of benzene rings is 1. The third kappa shape index (κ3) is 2.68. The van der Waals surface area contributed by atoms with Crippen LogP contribution < -0.4 is 5.32 Å². The molecular weight excluding hydrogens is 352 g/mol. The number of aromatic nitrogens is 3. The second-order valence-corrected chi connectivity index (χ2v) is 7.81. The Hall–Kier alpha value is -3.15. The molecule has 6 nitrogen and oxygen atoms in total. The van der Waals surface area contributed by atoms with Crippen molar-refractivity contribution in [3.63, 3.8) is 0 Å². The molecule has 1 N–H and O–H groups in total. The molecule has 0 fully saturated rings. The Labute approximate surface area is 163 Å². The minimum absolute atomic E-state index is 0.0483. The van der Waals surface area contributed by atoms with Gasteiger partial charge in [-0.05, 0) is 35.6 Å². The number of hydrogen-bond acceptors (Lipinski definition) is 5. The Kier molecular flexibility index (Phi) is 3.93. The van der Waals surface area contributed by atoms with E-state index in [1.165, 1.54) is 11.9 Å². The molecule has 0 bridgehead atoms. The SMILES string of the molecule is CC(C)c1ccc([C@H]2C3=C(C[C@@H](c4ccco4)CC3=O)Nc3ncnn32)cc1. The molecule has 3 aromatic rings. The summed E-state index contributed by atoms with van der Waals surface area (Å²) in [5.74, 6) is 2.17. The Morgan fingerprint density at radius 1 is 1.18 bits per heavy atom. The summed E-state index contributed by atoms with van der Waals surface area (Å²) in [5, 5.41) is 7.74. The predicted octanol–water partition coefficient (Wildman–Crippen LogP) is 4.41. The molecule has 3 heterocycles. The molecule has 5 rings (SSSR count). The topological polar surface area (TPSA) is 73.0 Å². The molecule has 0 amide bonds. The largest absolute Gasteiger partial charge is 0.469 e. The van der Waals surface area contributed by atoms with Crippen molar-refractivity contribution >= 4 is 11.7 Å². The average molecular weight is 374 g/mol. The number of ketones is 1. The van der Waals surface area contributed by atoms with Gasteiger partial charge in [-0.15, -0.1) is 0 Å². The van der Waals surface area contributed by atoms with Crippen LogP contribution in [0.3, 0.4) is 0 Å². The lowest BCUT2D eigenvalue weighted by atomic mass is 9.79. The number of nitrogens with zero attached hydrogens (tertiary/aromatic N) is 3. The zero-order chi connectivity index (χ0) is 19.3. The zero-order valence-corrected chi connectivity index (χ0v) is 15.9. The normalized spacial score (nSPS) is 21.5. The van der Waals surface area contributed by atoms with Gasteiger partial charge in [0, 0.05) is 23.6 Å². The third-order valence-corrected chi connectivity index (χ3v) is 5.73. The molecule has 6 heteroatoms. The predicted molar refractivity (Wildman–Crippen MR) is 105 cm³/mol. The van der Waals surface area contributed by atoms with Gasteiger partial charge in [-0.2, -0.15) is 10.1 Å². The van der Waals surface area contributed by atoms with Gasteiger partial charge in [0.25, 0.3) is 0 Å². The summed E-state index contributed by atoms with van der Waals surface area (Å²) in [4.78, 5) is 17.6. The Morgan fingerprint density at radius 2 is 2.00 bits per heavy atom. The first-order valence-corrected chi connectivity index (χ1v) is 9.68. The van der Waals surface area contributed by atoms with Crippen molar-refractivity contribution in [3.8, 4) is 0 Å². The number of allylic oxidation sites excluding steroid dienone is 2. The van der Waals surface area contributed by atoms with E-state index < -0.39 is 0 Å². The molecule has 142 valence electrons. The van der Waals surface area contributed by atoms with Crippen LogP contribution in [0.1, 0.15) is 61.5 Å². The van der Waals surface area contributed by atoms with E-state index in [9.17, 15) is 4.79 Å². The van der Waals surface area contributed by atoms with Crippen molar-refractivity contribution in [1.29, 1.82) is 0 Å². The van der Waals surface area contributed by atoms with Gasteiger partial charge in [0.15, 0.2) is 5.78 Å². The molecule has 2 aromatic heterocycles. The van der Waals surface area contributed by atoms with Gasteiger partial charge in [-0.1, -0.05) is 38.1 Å². The minimum Gasteiger partial charge on any atom is -0.469 e. The van der Waals surface area contributed by atoms with Gasteiger partial charge >= 0.3 is 0 Å². The standard InChI is InChI=1S/C22H22N4O2/c1-13(2)14-5-7-15(8-6-14)21-20-17(25-22-23-12-24-26(21)22)10-16(11-18(20)27)19-4-3-9-28-19/h3-9,12-13,16,21H,10-11H2,1-2H3,(H,23,24,25)/t16-,21+/m1/s1. The van der Waals surface area contributed by atoms with E-state index in [0.29, 0.717) is 18.3 Å². The van der Waals surface area contributed by atoms with Crippen LogP contribution in [-0.4, -0.2) is 20.5 Å². The van der Waals surface area contributed by atoms with E-state index in [4.69, 9.17) is 4.42 Å². The Bertz CT molecular complexity index is 1040. The summed E-state index contributed by atoms with van der Waals surface area (Å²) < 4.78 is 7.38. The van der Waals surface area contributed by atoms with Gasteiger partial charge < -0.3 is 9.73 Å². The van der Waals surface area contributed by atoms with E-state index in [0.717, 1.165) is 29.0 Å². The van der Waals surface area contributed by atoms with Crippen LogP contribution in [0.15, 0.2) is 64.7 Å². The summed E-state index contributed by atoms with van der Waals surface area (Å²) in [6.45, 7) is 4.35. The Morgan fingerprint density at radius 3 is 2.71 bits per heavy atom. The second kappa shape index (κ2) is 6.48. The molecule has 2 atom stereocenters. The molecule has 1 aromatic carbocycles. The van der Waals surface area contributed by atoms with E-state index in [2.05, 4.69) is 53.5 Å². The lowest BCUT2D eigenvalue weighted by Crippen LogP contribution is -2.33. The number of nitrogens with one attached hydrogen (secondary N) is 1. The number of Topliss-reactive ketones (excluding diaryl/α,β-unsaturated/α-hetero) is 1. The van der Waals surface area contributed by atoms with Crippen molar-refractivity contribution in [3.05, 3.63) is 77.1 Å². The first kappa shape index (κ1) is 17.0. The van der Waals surface area contributed by atoms with Crippen molar-refractivity contribution in [2.45, 2.75) is 44.6 Å². The highest BCUT2D eigenvalue weighted by Gasteiger charge is 2.39. The number of carbonyl (C=O) groups excluding carboxylic acids is 1. The lowest BCUT2D eigenvalue weighted by Gasteiger charge is -2.34. The van der Waals surface area contributed by atoms with Crippen LogP contribution >= 0.6 is 0 Å². The number of rotatable bonds is 3. The van der Waals surface area contributed by atoms with Crippen LogP contribution in [0.4, 0.5) is 5.95 Å². The monoisotopic (exact) mass is 374 g/mol. The fourth-order valence-corrected chi connectivity index (χ4v) is 4.25. The van der Waals surface area contributed by atoms with Gasteiger partial charge in [0.05, 0.1) is 6.26 Å². The fourth-order valence-electron chi connectivity index (χ4n) is 4.25. The summed E-state index contributed by atoms with van der Waals surface area (Å²) >= 11 is 0. The maximum Gasteiger partial charge on any atom is 0.226 e. The highest BCUT2D eigenvalue weighted by Crippen LogP contribution is 2.43. The molecule has 1 aliphatic heterocycles. The first-order chi connectivity index (χ1) is 13.6. The summed E-state index contributed by atoms with van der Waals surface area (Å²) in [5.41, 5.74) is 4.04. The molecule has 0 unspecified atom stereocenters. The molecule has 0 spiro atoms. The summed E-state index contributed by atoms with van der Waals surface area (Å²) in [7, 11) is 0. The first-order valence-electron chi connectivity index (χ1n) is 9.68. The molecule has 0 radical (unpaired) electrons. The third-order valence-electron chi connectivity index (χ3n) is 5.73. The van der Waals surface area contributed by atoms with Gasteiger partial charge in [-0.3, -0.25) is 4.79 Å². The molecule has 1 aliphatic carbocycles. The average Bonchev–Trinajstić information content (AvgIpc) is 3.38. The van der Waals surface area contributed by atoms with Crippen LogP contribution in [0, 0.1) is 0 Å². The van der Waals surface area contributed by atoms with Crippen molar-refractivity contribution in [1.82, 2.24) is 14.8 Å². The molecule has 2 aliphatic rings. The van der Waals surface area contributed by atoms with Crippen molar-refractivity contribution in [2.75, 3.05) is 5.32 Å². The lowest BCUT2D eigenvalue weighted by molar-refractivity contribution is -0.117. The molecular formula is C22H22N4O2. The van der Waals surface area contributed by atoms with Crippen LogP contribution in [0.25, 0.3) is 0 Å². The number of hydrogen-bond donors (Lipinski definition) is 1. The molecule has 28 heavy (non-hydrogen) atoms. The van der Waals surface area contributed by atoms with Crippen LogP contribution in [-0.2, 0) is 4.79 Å². The quantitative estimate of drug-likeness (QED) is 0.735. The van der Waals surface area contributed by atoms with Crippen LogP contribution in [0.2, 0.25) is 0 Å². The smallest absolute Gasteiger partial charge is 0.226 e. The van der Waals surface area contributed by atoms with E-state index >= 15 is 0 Å². The van der Waals surface area contributed by atoms with E-state index in [1.807, 2.05) is 16.8 Å². The Balaban J connectivity index is 1.58. The zero-order valence-electron chi connectivity index (χ0n) is 15.9. The number of fused-ring (bicyclic) bond motifs is 1. The van der Waals surface area contributed by atoms with E-state index in [-0.39, 0.29) is 17.7 Å². The maximum absolute atomic E-state index is 13.2. The number of carbonyl (C=O) groups is 1. The van der Waals surface area contributed by atoms with Gasteiger partial charge in [-0.25, -0.2) is 4.68 Å². The van der Waals surface area contributed by atoms with E-state index in [1.54, 1.807) is 6.26 Å². The minimum atomic E-state index is -0.250. The van der Waals surface area contributed by atoms with Gasteiger partial charge in [0.1, 0.15) is 18.1 Å². The molecule has 0 saturated carbocycles. The van der Waals surface area contributed by atoms with Crippen molar-refractivity contribution < 1.29 is 9.21 Å². The van der Waals surface area contributed by atoms with Gasteiger partial charge in [0.2, 0.25) is 5.95 Å². The highest BCUT2D eigenvalue weighted by atomic mass is 16.3. The van der Waals surface area contributed by atoms with Crippen molar-refractivity contribution in [2.24, 2.45) is 0 Å². The van der Waals surface area contributed by atoms with Crippen LogP contribution in [0.5, 0.6) is 0 Å². The number of furan rings is 1. The number of anilines is 1. The fraction of sp³-hybridized carbons (Fsp3) is 0.318. The summed E-state index contributed by atoms with van der Waals surface area (Å²) in [6, 6.07) is 12.0. The summed E-state index contributed by atoms with van der Waals surface area (Å²) in [6.07, 6.45) is 4.36.